The van der Waals surface area contributed by atoms with Gasteiger partial charge in [-0.2, -0.15) is 0 Å². The molecule has 0 radical (unpaired) electrons. The molecule has 0 fully saturated rings. The van der Waals surface area contributed by atoms with Gasteiger partial charge in [0.15, 0.2) is 0 Å². The molecule has 2 aromatic rings. The van der Waals surface area contributed by atoms with Crippen molar-refractivity contribution < 1.29 is 18.0 Å². The first-order chi connectivity index (χ1) is 14.3. The van der Waals surface area contributed by atoms with Crippen LogP contribution in [0.2, 0.25) is 5.02 Å². The van der Waals surface area contributed by atoms with E-state index in [1.54, 1.807) is 49.4 Å². The van der Waals surface area contributed by atoms with Gasteiger partial charge in [-0.3, -0.25) is 13.9 Å². The zero-order valence-electron chi connectivity index (χ0n) is 18.3. The number of rotatable bonds is 7. The largest absolute Gasteiger partial charge is 0.347 e. The van der Waals surface area contributed by atoms with Gasteiger partial charge in [0.1, 0.15) is 6.04 Å². The van der Waals surface area contributed by atoms with Crippen LogP contribution in [0.4, 0.5) is 11.4 Å². The fraction of sp³-hybridized carbons (Fsp3) is 0.364. The van der Waals surface area contributed by atoms with Gasteiger partial charge in [0.25, 0.3) is 5.91 Å². The number of hydrogen-bond acceptors (Lipinski definition) is 4. The molecule has 0 aromatic heterocycles. The maximum Gasteiger partial charge on any atom is 0.253 e. The van der Waals surface area contributed by atoms with Crippen LogP contribution in [0, 0.1) is 0 Å². The summed E-state index contributed by atoms with van der Waals surface area (Å²) in [6, 6.07) is 11.9. The molecular weight excluding hydrogens is 438 g/mol. The summed E-state index contributed by atoms with van der Waals surface area (Å²) in [4.78, 5) is 25.8. The summed E-state index contributed by atoms with van der Waals surface area (Å²) < 4.78 is 26.2. The van der Waals surface area contributed by atoms with Gasteiger partial charge in [-0.15, -0.1) is 0 Å². The van der Waals surface area contributed by atoms with Gasteiger partial charge >= 0.3 is 0 Å². The highest BCUT2D eigenvalue weighted by molar-refractivity contribution is 7.92. The minimum Gasteiger partial charge on any atom is -0.347 e. The van der Waals surface area contributed by atoms with E-state index in [0.717, 1.165) is 10.6 Å². The second-order valence-electron chi connectivity index (χ2n) is 8.20. The Balaban J connectivity index is 2.40. The Kier molecular flexibility index (Phi) is 7.72. The summed E-state index contributed by atoms with van der Waals surface area (Å²) in [7, 11) is -3.80. The van der Waals surface area contributed by atoms with Crippen molar-refractivity contribution in [3.8, 4) is 0 Å². The van der Waals surface area contributed by atoms with Crippen molar-refractivity contribution in [3.05, 3.63) is 59.1 Å². The maximum absolute atomic E-state index is 13.2. The third-order valence-corrected chi connectivity index (χ3v) is 5.73. The van der Waals surface area contributed by atoms with Crippen LogP contribution in [0.15, 0.2) is 48.5 Å². The number of para-hydroxylation sites is 1. The predicted octanol–water partition coefficient (Wildman–Crippen LogP) is 4.05. The van der Waals surface area contributed by atoms with Crippen LogP contribution in [0.25, 0.3) is 0 Å². The molecule has 0 bridgehead atoms. The zero-order chi connectivity index (χ0) is 23.4. The number of halogens is 1. The molecule has 2 aromatic carbocycles. The lowest BCUT2D eigenvalue weighted by molar-refractivity contribution is -0.117. The first-order valence-corrected chi connectivity index (χ1v) is 12.0. The Bertz CT molecular complexity index is 1060. The molecule has 1 unspecified atom stereocenters. The Hall–Kier alpha value is -2.58. The minimum absolute atomic E-state index is 0.210. The van der Waals surface area contributed by atoms with E-state index in [4.69, 9.17) is 11.6 Å². The topological polar surface area (TPSA) is 95.6 Å². The van der Waals surface area contributed by atoms with Crippen molar-refractivity contribution in [2.45, 2.75) is 45.7 Å². The summed E-state index contributed by atoms with van der Waals surface area (Å²) in [5.41, 5.74) is 0.414. The third-order valence-electron chi connectivity index (χ3n) is 4.31. The van der Waals surface area contributed by atoms with Crippen molar-refractivity contribution in [1.82, 2.24) is 5.32 Å². The average Bonchev–Trinajstić information content (AvgIpc) is 2.63. The zero-order valence-corrected chi connectivity index (χ0v) is 19.8. The van der Waals surface area contributed by atoms with Crippen molar-refractivity contribution in [2.24, 2.45) is 0 Å². The SMILES string of the molecule is CCC(C(=O)Nc1ccccc1C(=O)NC(C)(C)C)N(c1cccc(Cl)c1)S(C)(=O)=O. The highest BCUT2D eigenvalue weighted by Gasteiger charge is 2.32. The summed E-state index contributed by atoms with van der Waals surface area (Å²) in [6.07, 6.45) is 1.25. The summed E-state index contributed by atoms with van der Waals surface area (Å²) in [5.74, 6) is -0.893. The maximum atomic E-state index is 13.2. The predicted molar refractivity (Wildman–Crippen MR) is 125 cm³/mol. The van der Waals surface area contributed by atoms with Crippen LogP contribution in [0.3, 0.4) is 0 Å². The molecule has 0 heterocycles. The molecule has 2 amide bonds. The van der Waals surface area contributed by atoms with Crippen molar-refractivity contribution in [2.75, 3.05) is 15.9 Å². The van der Waals surface area contributed by atoms with E-state index in [0.29, 0.717) is 10.7 Å². The molecule has 2 rings (SSSR count). The first kappa shape index (κ1) is 24.7. The van der Waals surface area contributed by atoms with Gasteiger partial charge in [0.2, 0.25) is 15.9 Å². The van der Waals surface area contributed by atoms with E-state index < -0.39 is 27.5 Å². The Morgan fingerprint density at radius 1 is 1.10 bits per heavy atom. The van der Waals surface area contributed by atoms with E-state index in [2.05, 4.69) is 10.6 Å². The average molecular weight is 466 g/mol. The lowest BCUT2D eigenvalue weighted by Crippen LogP contribution is -2.47. The van der Waals surface area contributed by atoms with E-state index in [-0.39, 0.29) is 23.6 Å². The molecule has 2 N–H and O–H groups in total. The van der Waals surface area contributed by atoms with Crippen LogP contribution in [-0.4, -0.2) is 38.1 Å². The molecule has 0 spiro atoms. The number of carbonyl (C=O) groups excluding carboxylic acids is 2. The highest BCUT2D eigenvalue weighted by atomic mass is 35.5. The van der Waals surface area contributed by atoms with E-state index in [1.807, 2.05) is 20.8 Å². The molecule has 0 aliphatic heterocycles. The number of nitrogens with zero attached hydrogens (tertiary/aromatic N) is 1. The number of carbonyl (C=O) groups is 2. The molecule has 168 valence electrons. The quantitative estimate of drug-likeness (QED) is 0.644. The van der Waals surface area contributed by atoms with Gasteiger partial charge in [-0.1, -0.05) is 36.7 Å². The molecule has 0 saturated heterocycles. The highest BCUT2D eigenvalue weighted by Crippen LogP contribution is 2.26. The molecule has 9 heteroatoms. The van der Waals surface area contributed by atoms with Gasteiger partial charge in [-0.05, 0) is 57.5 Å². The normalized spacial score (nSPS) is 12.7. The number of sulfonamides is 1. The molecule has 0 saturated carbocycles. The van der Waals surface area contributed by atoms with E-state index in [9.17, 15) is 18.0 Å². The summed E-state index contributed by atoms with van der Waals surface area (Å²) >= 11 is 6.04. The van der Waals surface area contributed by atoms with Gasteiger partial charge in [-0.25, -0.2) is 8.42 Å². The number of benzene rings is 2. The van der Waals surface area contributed by atoms with Crippen LogP contribution in [-0.2, 0) is 14.8 Å². The van der Waals surface area contributed by atoms with Crippen LogP contribution in [0.1, 0.15) is 44.5 Å². The molecule has 0 aliphatic carbocycles. The third kappa shape index (κ3) is 6.70. The fourth-order valence-electron chi connectivity index (χ4n) is 3.09. The summed E-state index contributed by atoms with van der Waals surface area (Å²) in [5, 5.41) is 5.94. The molecule has 0 aliphatic rings. The molecule has 31 heavy (non-hydrogen) atoms. The standard InChI is InChI=1S/C22H28ClN3O4S/c1-6-19(26(31(5,29)30)16-11-9-10-15(23)14-16)21(28)24-18-13-8-7-12-17(18)20(27)25-22(2,3)4/h7-14,19H,6H2,1-5H3,(H,24,28)(H,25,27). The molecular formula is C22H28ClN3O4S. The van der Waals surface area contributed by atoms with Crippen LogP contribution in [0.5, 0.6) is 0 Å². The molecule has 1 atom stereocenters. The van der Waals surface area contributed by atoms with E-state index >= 15 is 0 Å². The van der Waals surface area contributed by atoms with Crippen LogP contribution < -0.4 is 14.9 Å². The Morgan fingerprint density at radius 2 is 1.74 bits per heavy atom. The number of nitrogens with one attached hydrogen (secondary N) is 2. The minimum atomic E-state index is -3.80. The lowest BCUT2D eigenvalue weighted by Gasteiger charge is -2.30. The van der Waals surface area contributed by atoms with Crippen LogP contribution >= 0.6 is 11.6 Å². The second-order valence-corrected chi connectivity index (χ2v) is 10.5. The molecule has 7 nitrogen and oxygen atoms in total. The Morgan fingerprint density at radius 3 is 2.29 bits per heavy atom. The first-order valence-electron chi connectivity index (χ1n) is 9.81. The number of anilines is 2. The number of hydrogen-bond donors (Lipinski definition) is 2. The van der Waals surface area contributed by atoms with Gasteiger partial charge in [0.05, 0.1) is 23.2 Å². The Labute approximate surface area is 188 Å². The lowest BCUT2D eigenvalue weighted by atomic mass is 10.1. The van der Waals surface area contributed by atoms with Crippen molar-refractivity contribution >= 4 is 44.8 Å². The van der Waals surface area contributed by atoms with Crippen molar-refractivity contribution in [1.29, 1.82) is 0 Å². The summed E-state index contributed by atoms with van der Waals surface area (Å²) in [6.45, 7) is 7.28. The second kappa shape index (κ2) is 9.70. The fourth-order valence-corrected chi connectivity index (χ4v) is 4.48. The van der Waals surface area contributed by atoms with Gasteiger partial charge in [0, 0.05) is 10.6 Å². The number of amides is 2. The van der Waals surface area contributed by atoms with E-state index in [1.165, 1.54) is 6.07 Å². The smallest absolute Gasteiger partial charge is 0.253 e. The van der Waals surface area contributed by atoms with Crippen molar-refractivity contribution in [3.63, 3.8) is 0 Å². The van der Waals surface area contributed by atoms with Gasteiger partial charge < -0.3 is 10.6 Å². The monoisotopic (exact) mass is 465 g/mol.